The number of halogens is 1. The van der Waals surface area contributed by atoms with Crippen LogP contribution in [0, 0.1) is 0 Å². The summed E-state index contributed by atoms with van der Waals surface area (Å²) < 4.78 is 0. The summed E-state index contributed by atoms with van der Waals surface area (Å²) >= 11 is 5.77. The highest BCUT2D eigenvalue weighted by molar-refractivity contribution is 6.30. The number of carboxylic acids is 1. The maximum atomic E-state index is 11.6. The third kappa shape index (κ3) is 4.35. The molecule has 0 saturated heterocycles. The number of carbonyl (C=O) groups is 2. The van der Waals surface area contributed by atoms with Crippen LogP contribution in [0.2, 0.25) is 5.02 Å². The predicted octanol–water partition coefficient (Wildman–Crippen LogP) is 0.833. The number of hydrogen-bond donors (Lipinski definition) is 3. The van der Waals surface area contributed by atoms with Gasteiger partial charge in [0.15, 0.2) is 6.04 Å². The van der Waals surface area contributed by atoms with Gasteiger partial charge in [-0.15, -0.1) is 0 Å². The maximum Gasteiger partial charge on any atom is 0.328 e. The first-order valence-corrected chi connectivity index (χ1v) is 5.72. The van der Waals surface area contributed by atoms with E-state index in [0.717, 1.165) is 0 Å². The van der Waals surface area contributed by atoms with E-state index in [1.807, 2.05) is 0 Å². The van der Waals surface area contributed by atoms with E-state index in [9.17, 15) is 14.7 Å². The Morgan fingerprint density at radius 1 is 1.44 bits per heavy atom. The molecule has 0 aliphatic carbocycles. The summed E-state index contributed by atoms with van der Waals surface area (Å²) in [5.41, 5.74) is 0.676. The average molecular weight is 272 g/mol. The van der Waals surface area contributed by atoms with E-state index in [0.29, 0.717) is 10.6 Å². The lowest BCUT2D eigenvalue weighted by Gasteiger charge is -2.16. The number of benzene rings is 1. The maximum absolute atomic E-state index is 11.6. The van der Waals surface area contributed by atoms with Crippen molar-refractivity contribution in [1.29, 1.82) is 0 Å². The number of aliphatic carboxylic acids is 1. The Morgan fingerprint density at radius 3 is 2.61 bits per heavy atom. The zero-order valence-electron chi connectivity index (χ0n) is 9.76. The van der Waals surface area contributed by atoms with Gasteiger partial charge in [0.25, 0.3) is 0 Å². The highest BCUT2D eigenvalue weighted by Gasteiger charge is 2.24. The fourth-order valence-electron chi connectivity index (χ4n) is 1.45. The lowest BCUT2D eigenvalue weighted by atomic mass is 10.1. The van der Waals surface area contributed by atoms with Gasteiger partial charge in [-0.1, -0.05) is 23.7 Å². The van der Waals surface area contributed by atoms with E-state index in [1.165, 1.54) is 6.92 Å². The highest BCUT2D eigenvalue weighted by Crippen LogP contribution is 2.11. The molecule has 98 valence electrons. The van der Waals surface area contributed by atoms with Crippen molar-refractivity contribution < 1.29 is 19.8 Å². The molecule has 6 heteroatoms. The number of carboxylic acid groups (broad SMARTS) is 1. The second-order valence-corrected chi connectivity index (χ2v) is 4.37. The molecule has 0 aliphatic heterocycles. The summed E-state index contributed by atoms with van der Waals surface area (Å²) in [5.74, 6) is -1.75. The Bertz CT molecular complexity index is 447. The zero-order valence-corrected chi connectivity index (χ0v) is 10.5. The normalized spacial score (nSPS) is 13.7. The molecule has 0 bridgehead atoms. The molecule has 0 heterocycles. The highest BCUT2D eigenvalue weighted by atomic mass is 35.5. The lowest BCUT2D eigenvalue weighted by molar-refractivity contribution is -0.144. The smallest absolute Gasteiger partial charge is 0.328 e. The van der Waals surface area contributed by atoms with E-state index in [1.54, 1.807) is 24.3 Å². The molecular weight excluding hydrogens is 258 g/mol. The lowest BCUT2D eigenvalue weighted by Crippen LogP contribution is -2.48. The summed E-state index contributed by atoms with van der Waals surface area (Å²) in [6, 6.07) is 5.41. The van der Waals surface area contributed by atoms with Crippen molar-refractivity contribution in [1.82, 2.24) is 5.32 Å². The Balaban J connectivity index is 2.63. The van der Waals surface area contributed by atoms with Crippen LogP contribution in [0.5, 0.6) is 0 Å². The van der Waals surface area contributed by atoms with Crippen LogP contribution in [0.1, 0.15) is 12.5 Å². The Morgan fingerprint density at radius 2 is 2.11 bits per heavy atom. The first-order chi connectivity index (χ1) is 8.40. The number of aliphatic hydroxyl groups excluding tert-OH is 1. The monoisotopic (exact) mass is 271 g/mol. The Kier molecular flexibility index (Phi) is 5.12. The molecule has 1 amide bonds. The Hall–Kier alpha value is -1.59. The number of aliphatic hydroxyl groups is 1. The number of carbonyl (C=O) groups excluding carboxylic acids is 1. The van der Waals surface area contributed by atoms with Crippen LogP contribution in [0.15, 0.2) is 24.3 Å². The summed E-state index contributed by atoms with van der Waals surface area (Å²) in [6.07, 6.45) is -1.15. The molecule has 2 unspecified atom stereocenters. The van der Waals surface area contributed by atoms with Gasteiger partial charge in [0, 0.05) is 5.02 Å². The zero-order chi connectivity index (χ0) is 13.7. The number of nitrogens with one attached hydrogen (secondary N) is 1. The van der Waals surface area contributed by atoms with Gasteiger partial charge in [-0.25, -0.2) is 4.79 Å². The van der Waals surface area contributed by atoms with Crippen molar-refractivity contribution in [3.8, 4) is 0 Å². The molecule has 1 aromatic rings. The molecule has 3 N–H and O–H groups in total. The molecule has 0 radical (unpaired) electrons. The van der Waals surface area contributed by atoms with Crippen molar-refractivity contribution in [2.75, 3.05) is 0 Å². The number of rotatable bonds is 5. The van der Waals surface area contributed by atoms with Crippen LogP contribution < -0.4 is 5.32 Å². The molecule has 1 aromatic carbocycles. The van der Waals surface area contributed by atoms with Crippen LogP contribution in [-0.4, -0.2) is 34.2 Å². The van der Waals surface area contributed by atoms with Crippen molar-refractivity contribution in [2.24, 2.45) is 0 Å². The van der Waals surface area contributed by atoms with Gasteiger partial charge < -0.3 is 15.5 Å². The molecule has 0 fully saturated rings. The molecule has 0 spiro atoms. The topological polar surface area (TPSA) is 86.6 Å². The molecule has 0 aliphatic rings. The summed E-state index contributed by atoms with van der Waals surface area (Å²) in [6.45, 7) is 1.30. The largest absolute Gasteiger partial charge is 0.480 e. The number of hydrogen-bond acceptors (Lipinski definition) is 3. The SMILES string of the molecule is CC(O)C(NC(=O)Cc1cccc(Cl)c1)C(=O)O. The fraction of sp³-hybridized carbons (Fsp3) is 0.333. The molecule has 0 saturated carbocycles. The standard InChI is InChI=1S/C12H14ClNO4/c1-7(15)11(12(17)18)14-10(16)6-8-3-2-4-9(13)5-8/h2-5,7,11,15H,6H2,1H3,(H,14,16)(H,17,18). The van der Waals surface area contributed by atoms with E-state index in [4.69, 9.17) is 16.7 Å². The molecule has 1 rings (SSSR count). The first kappa shape index (κ1) is 14.5. The van der Waals surface area contributed by atoms with Gasteiger partial charge in [-0.2, -0.15) is 0 Å². The van der Waals surface area contributed by atoms with Gasteiger partial charge in [-0.3, -0.25) is 4.79 Å². The van der Waals surface area contributed by atoms with Crippen LogP contribution >= 0.6 is 11.6 Å². The molecule has 18 heavy (non-hydrogen) atoms. The minimum atomic E-state index is -1.31. The summed E-state index contributed by atoms with van der Waals surface area (Å²) in [4.78, 5) is 22.4. The first-order valence-electron chi connectivity index (χ1n) is 5.35. The van der Waals surface area contributed by atoms with Gasteiger partial charge in [0.2, 0.25) is 5.91 Å². The van der Waals surface area contributed by atoms with Gasteiger partial charge in [0.05, 0.1) is 12.5 Å². The van der Waals surface area contributed by atoms with Gasteiger partial charge in [-0.05, 0) is 24.6 Å². The van der Waals surface area contributed by atoms with Crippen LogP contribution in [0.25, 0.3) is 0 Å². The third-order valence-electron chi connectivity index (χ3n) is 2.32. The van der Waals surface area contributed by atoms with E-state index < -0.39 is 24.0 Å². The second-order valence-electron chi connectivity index (χ2n) is 3.93. The fourth-order valence-corrected chi connectivity index (χ4v) is 1.66. The van der Waals surface area contributed by atoms with Gasteiger partial charge >= 0.3 is 5.97 Å². The quantitative estimate of drug-likeness (QED) is 0.740. The van der Waals surface area contributed by atoms with Crippen LogP contribution in [0.4, 0.5) is 0 Å². The van der Waals surface area contributed by atoms with Crippen molar-refractivity contribution in [2.45, 2.75) is 25.5 Å². The van der Waals surface area contributed by atoms with Gasteiger partial charge in [0.1, 0.15) is 0 Å². The van der Waals surface area contributed by atoms with E-state index in [-0.39, 0.29) is 6.42 Å². The molecular formula is C12H14ClNO4. The van der Waals surface area contributed by atoms with Crippen LogP contribution in [-0.2, 0) is 16.0 Å². The third-order valence-corrected chi connectivity index (χ3v) is 2.55. The number of amides is 1. The molecule has 0 aromatic heterocycles. The minimum Gasteiger partial charge on any atom is -0.480 e. The second kappa shape index (κ2) is 6.37. The molecule has 5 nitrogen and oxygen atoms in total. The molecule has 2 atom stereocenters. The summed E-state index contributed by atoms with van der Waals surface area (Å²) in [7, 11) is 0. The van der Waals surface area contributed by atoms with Crippen molar-refractivity contribution in [3.05, 3.63) is 34.9 Å². The summed E-state index contributed by atoms with van der Waals surface area (Å²) in [5, 5.41) is 20.8. The van der Waals surface area contributed by atoms with Crippen molar-refractivity contribution >= 4 is 23.5 Å². The van der Waals surface area contributed by atoms with Crippen molar-refractivity contribution in [3.63, 3.8) is 0 Å². The Labute approximate surface area is 109 Å². The minimum absolute atomic E-state index is 0.0110. The van der Waals surface area contributed by atoms with E-state index in [2.05, 4.69) is 5.32 Å². The predicted molar refractivity (Wildman–Crippen MR) is 66.4 cm³/mol. The average Bonchev–Trinajstić information content (AvgIpc) is 2.25. The van der Waals surface area contributed by atoms with E-state index >= 15 is 0 Å². The van der Waals surface area contributed by atoms with Crippen LogP contribution in [0.3, 0.4) is 0 Å².